The number of amides is 2. The molecule has 26 heavy (non-hydrogen) atoms. The van der Waals surface area contributed by atoms with Crippen molar-refractivity contribution >= 4 is 17.5 Å². The van der Waals surface area contributed by atoms with E-state index < -0.39 is 11.8 Å². The average molecular weight is 345 g/mol. The van der Waals surface area contributed by atoms with E-state index in [-0.39, 0.29) is 6.04 Å². The fraction of sp³-hybridized carbons (Fsp3) is 0.0952. The molecule has 1 unspecified atom stereocenters. The highest BCUT2D eigenvalue weighted by Gasteiger charge is 2.17. The first-order chi connectivity index (χ1) is 12.6. The minimum absolute atomic E-state index is 0.281. The Morgan fingerprint density at radius 2 is 1.42 bits per heavy atom. The molecule has 0 aliphatic heterocycles. The number of hydrogen-bond acceptors (Lipinski definition) is 3. The van der Waals surface area contributed by atoms with Crippen molar-refractivity contribution in [2.24, 2.45) is 0 Å². The Labute approximate surface area is 152 Å². The van der Waals surface area contributed by atoms with E-state index >= 15 is 0 Å². The zero-order valence-electron chi connectivity index (χ0n) is 14.3. The number of carbonyl (C=O) groups excluding carboxylic acids is 2. The molecule has 0 radical (unpaired) electrons. The van der Waals surface area contributed by atoms with Crippen molar-refractivity contribution in [2.45, 2.75) is 13.0 Å². The molecule has 1 atom stereocenters. The summed E-state index contributed by atoms with van der Waals surface area (Å²) in [7, 11) is 0. The minimum atomic E-state index is -0.696. The predicted octanol–water partition coefficient (Wildman–Crippen LogP) is 3.56. The first-order valence-corrected chi connectivity index (χ1v) is 8.31. The molecule has 5 heteroatoms. The second-order valence-electron chi connectivity index (χ2n) is 5.87. The van der Waals surface area contributed by atoms with E-state index in [1.54, 1.807) is 36.7 Å². The standard InChI is InChI=1S/C21H19N3O2/c1-15(16-11-13-22-14-12-16)23-20(25)21(26)24-19-9-7-18(8-10-19)17-5-3-2-4-6-17/h2-15H,1H3,(H,23,25)(H,24,26). The lowest BCUT2D eigenvalue weighted by molar-refractivity contribution is -0.136. The van der Waals surface area contributed by atoms with Gasteiger partial charge in [-0.2, -0.15) is 0 Å². The van der Waals surface area contributed by atoms with Crippen molar-refractivity contribution in [3.8, 4) is 11.1 Å². The Morgan fingerprint density at radius 1 is 0.808 bits per heavy atom. The Morgan fingerprint density at radius 3 is 2.08 bits per heavy atom. The van der Waals surface area contributed by atoms with Crippen LogP contribution in [-0.4, -0.2) is 16.8 Å². The van der Waals surface area contributed by atoms with Crippen LogP contribution in [0.25, 0.3) is 11.1 Å². The molecule has 1 aromatic heterocycles. The zero-order chi connectivity index (χ0) is 18.4. The summed E-state index contributed by atoms with van der Waals surface area (Å²) in [6.45, 7) is 1.81. The summed E-state index contributed by atoms with van der Waals surface area (Å²) in [5, 5.41) is 5.29. The average Bonchev–Trinajstić information content (AvgIpc) is 2.70. The molecular formula is C21H19N3O2. The van der Waals surface area contributed by atoms with Crippen LogP contribution in [0, 0.1) is 0 Å². The highest BCUT2D eigenvalue weighted by molar-refractivity contribution is 6.39. The van der Waals surface area contributed by atoms with Crippen molar-refractivity contribution in [3.05, 3.63) is 84.7 Å². The molecule has 130 valence electrons. The van der Waals surface area contributed by atoms with Gasteiger partial charge in [-0.1, -0.05) is 42.5 Å². The smallest absolute Gasteiger partial charge is 0.313 e. The third-order valence-corrected chi connectivity index (χ3v) is 4.01. The predicted molar refractivity (Wildman–Crippen MR) is 101 cm³/mol. The molecule has 0 spiro atoms. The summed E-state index contributed by atoms with van der Waals surface area (Å²) < 4.78 is 0. The van der Waals surface area contributed by atoms with Crippen molar-refractivity contribution in [1.29, 1.82) is 0 Å². The lowest BCUT2D eigenvalue weighted by Crippen LogP contribution is -2.36. The van der Waals surface area contributed by atoms with Crippen LogP contribution in [0.2, 0.25) is 0 Å². The molecule has 3 rings (SSSR count). The van der Waals surface area contributed by atoms with E-state index in [2.05, 4.69) is 15.6 Å². The lowest BCUT2D eigenvalue weighted by atomic mass is 10.1. The Hall–Kier alpha value is -3.47. The molecular weight excluding hydrogens is 326 g/mol. The van der Waals surface area contributed by atoms with Gasteiger partial charge in [-0.05, 0) is 47.9 Å². The minimum Gasteiger partial charge on any atom is -0.341 e. The number of nitrogens with one attached hydrogen (secondary N) is 2. The van der Waals surface area contributed by atoms with Gasteiger partial charge in [0.25, 0.3) is 0 Å². The molecule has 3 aromatic rings. The number of carbonyl (C=O) groups is 2. The molecule has 0 saturated heterocycles. The van der Waals surface area contributed by atoms with Crippen LogP contribution in [0.4, 0.5) is 5.69 Å². The quantitative estimate of drug-likeness (QED) is 0.710. The Kier molecular flexibility index (Phi) is 5.39. The van der Waals surface area contributed by atoms with Crippen molar-refractivity contribution in [1.82, 2.24) is 10.3 Å². The molecule has 0 aliphatic rings. The van der Waals surface area contributed by atoms with E-state index in [4.69, 9.17) is 0 Å². The molecule has 0 saturated carbocycles. The number of pyridine rings is 1. The number of aromatic nitrogens is 1. The van der Waals surface area contributed by atoms with Gasteiger partial charge in [0.15, 0.2) is 0 Å². The van der Waals surface area contributed by atoms with E-state index in [0.29, 0.717) is 5.69 Å². The second-order valence-corrected chi connectivity index (χ2v) is 5.87. The third kappa shape index (κ3) is 4.33. The van der Waals surface area contributed by atoms with Crippen LogP contribution in [0.15, 0.2) is 79.1 Å². The van der Waals surface area contributed by atoms with Crippen LogP contribution in [0.3, 0.4) is 0 Å². The molecule has 5 nitrogen and oxygen atoms in total. The lowest BCUT2D eigenvalue weighted by Gasteiger charge is -2.14. The summed E-state index contributed by atoms with van der Waals surface area (Å²) in [5.74, 6) is -1.38. The largest absolute Gasteiger partial charge is 0.341 e. The van der Waals surface area contributed by atoms with Crippen LogP contribution in [0.1, 0.15) is 18.5 Å². The van der Waals surface area contributed by atoms with E-state index in [1.165, 1.54) is 0 Å². The fourth-order valence-electron chi connectivity index (χ4n) is 2.56. The summed E-state index contributed by atoms with van der Waals surface area (Å²) in [5.41, 5.74) is 3.59. The SMILES string of the molecule is CC(NC(=O)C(=O)Nc1ccc(-c2ccccc2)cc1)c1ccncc1. The molecule has 0 fully saturated rings. The van der Waals surface area contributed by atoms with Gasteiger partial charge in [-0.25, -0.2) is 0 Å². The van der Waals surface area contributed by atoms with Gasteiger partial charge in [-0.3, -0.25) is 14.6 Å². The van der Waals surface area contributed by atoms with Gasteiger partial charge >= 0.3 is 11.8 Å². The first kappa shape index (κ1) is 17.4. The Bertz CT molecular complexity index is 878. The number of hydrogen-bond donors (Lipinski definition) is 2. The maximum absolute atomic E-state index is 12.1. The number of benzene rings is 2. The zero-order valence-corrected chi connectivity index (χ0v) is 14.3. The van der Waals surface area contributed by atoms with Gasteiger partial charge in [-0.15, -0.1) is 0 Å². The second kappa shape index (κ2) is 8.07. The first-order valence-electron chi connectivity index (χ1n) is 8.31. The summed E-state index contributed by atoms with van der Waals surface area (Å²) in [6.07, 6.45) is 3.29. The van der Waals surface area contributed by atoms with Gasteiger partial charge < -0.3 is 10.6 Å². The van der Waals surface area contributed by atoms with Crippen molar-refractivity contribution in [3.63, 3.8) is 0 Å². The highest BCUT2D eigenvalue weighted by Crippen LogP contribution is 2.21. The van der Waals surface area contributed by atoms with Gasteiger partial charge in [0.2, 0.25) is 0 Å². The summed E-state index contributed by atoms with van der Waals surface area (Å²) in [6, 6.07) is 20.6. The van der Waals surface area contributed by atoms with Gasteiger partial charge in [0.1, 0.15) is 0 Å². The number of rotatable bonds is 4. The molecule has 0 aliphatic carbocycles. The number of anilines is 1. The number of nitrogens with zero attached hydrogens (tertiary/aromatic N) is 1. The van der Waals surface area contributed by atoms with Crippen molar-refractivity contribution < 1.29 is 9.59 Å². The van der Waals surface area contributed by atoms with Crippen LogP contribution in [-0.2, 0) is 9.59 Å². The fourth-order valence-corrected chi connectivity index (χ4v) is 2.56. The summed E-state index contributed by atoms with van der Waals surface area (Å²) in [4.78, 5) is 28.1. The molecule has 2 N–H and O–H groups in total. The van der Waals surface area contributed by atoms with E-state index in [0.717, 1.165) is 16.7 Å². The van der Waals surface area contributed by atoms with Crippen LogP contribution < -0.4 is 10.6 Å². The Balaban J connectivity index is 1.60. The topological polar surface area (TPSA) is 71.1 Å². The van der Waals surface area contributed by atoms with Gasteiger partial charge in [0.05, 0.1) is 6.04 Å². The van der Waals surface area contributed by atoms with Crippen LogP contribution >= 0.6 is 0 Å². The summed E-state index contributed by atoms with van der Waals surface area (Å²) >= 11 is 0. The maximum Gasteiger partial charge on any atom is 0.313 e. The molecule has 0 bridgehead atoms. The molecule has 1 heterocycles. The van der Waals surface area contributed by atoms with E-state index in [1.807, 2.05) is 49.4 Å². The normalized spacial score (nSPS) is 11.4. The van der Waals surface area contributed by atoms with Gasteiger partial charge in [0, 0.05) is 18.1 Å². The maximum atomic E-state index is 12.1. The highest BCUT2D eigenvalue weighted by atomic mass is 16.2. The third-order valence-electron chi connectivity index (χ3n) is 4.01. The van der Waals surface area contributed by atoms with Crippen molar-refractivity contribution in [2.75, 3.05) is 5.32 Å². The van der Waals surface area contributed by atoms with Crippen LogP contribution in [0.5, 0.6) is 0 Å². The molecule has 2 amide bonds. The molecule has 2 aromatic carbocycles. The van der Waals surface area contributed by atoms with E-state index in [9.17, 15) is 9.59 Å². The monoisotopic (exact) mass is 345 g/mol.